The molecule has 1 amide bonds. The van der Waals surface area contributed by atoms with Gasteiger partial charge in [0.05, 0.1) is 11.3 Å². The van der Waals surface area contributed by atoms with Crippen molar-refractivity contribution in [2.45, 2.75) is 24.7 Å². The second kappa shape index (κ2) is 9.76. The van der Waals surface area contributed by atoms with E-state index < -0.39 is 11.7 Å². The lowest BCUT2D eigenvalue weighted by Gasteiger charge is -2.11. The predicted molar refractivity (Wildman–Crippen MR) is 125 cm³/mol. The number of carbonyl (C=O) groups excluding carboxylic acids is 1. The Hall–Kier alpha value is -3.53. The van der Waals surface area contributed by atoms with Gasteiger partial charge in [-0.1, -0.05) is 29.5 Å². The lowest BCUT2D eigenvalue weighted by Crippen LogP contribution is -2.15. The zero-order chi connectivity index (χ0) is 24.3. The molecule has 0 radical (unpaired) electrons. The van der Waals surface area contributed by atoms with Gasteiger partial charge in [0.15, 0.2) is 5.16 Å². The Morgan fingerprint density at radius 1 is 1.03 bits per heavy atom. The fourth-order valence-electron chi connectivity index (χ4n) is 3.37. The molecule has 0 saturated heterocycles. The number of carbonyl (C=O) groups is 1. The Kier molecular flexibility index (Phi) is 6.78. The van der Waals surface area contributed by atoms with E-state index in [2.05, 4.69) is 15.5 Å². The average Bonchev–Trinajstić information content (AvgIpc) is 3.39. The average molecular weight is 486 g/mol. The van der Waals surface area contributed by atoms with Crippen LogP contribution in [0.15, 0.2) is 72.0 Å². The van der Waals surface area contributed by atoms with Crippen LogP contribution in [0.25, 0.3) is 5.69 Å². The second-order valence-corrected chi connectivity index (χ2v) is 8.71. The molecule has 6 nitrogen and oxygen atoms in total. The summed E-state index contributed by atoms with van der Waals surface area (Å²) in [5, 5.41) is 11.8. The van der Waals surface area contributed by atoms with Crippen LogP contribution in [-0.2, 0) is 24.4 Å². The molecular formula is C24H22F3N5OS. The smallest absolute Gasteiger partial charge is 0.354 e. The lowest BCUT2D eigenvalue weighted by atomic mass is 10.2. The maximum atomic E-state index is 12.7. The van der Waals surface area contributed by atoms with Crippen LogP contribution in [0.3, 0.4) is 0 Å². The molecule has 0 bridgehead atoms. The molecule has 0 unspecified atom stereocenters. The van der Waals surface area contributed by atoms with Gasteiger partial charge in [-0.2, -0.15) is 13.2 Å². The van der Waals surface area contributed by atoms with Crippen LogP contribution < -0.4 is 5.32 Å². The second-order valence-electron chi connectivity index (χ2n) is 7.77. The molecule has 2 heterocycles. The summed E-state index contributed by atoms with van der Waals surface area (Å²) in [6, 6.07) is 16.2. The van der Waals surface area contributed by atoms with E-state index in [1.54, 1.807) is 0 Å². The van der Waals surface area contributed by atoms with Crippen LogP contribution in [0, 0.1) is 6.92 Å². The van der Waals surface area contributed by atoms with E-state index in [4.69, 9.17) is 0 Å². The Morgan fingerprint density at radius 2 is 1.74 bits per heavy atom. The molecular weight excluding hydrogens is 463 g/mol. The number of thioether (sulfide) groups is 1. The molecule has 0 aliphatic rings. The highest BCUT2D eigenvalue weighted by atomic mass is 32.2. The van der Waals surface area contributed by atoms with Crippen molar-refractivity contribution in [2.75, 3.05) is 11.1 Å². The number of hydrogen-bond acceptors (Lipinski definition) is 4. The monoisotopic (exact) mass is 485 g/mol. The first-order chi connectivity index (χ1) is 16.2. The van der Waals surface area contributed by atoms with Crippen molar-refractivity contribution in [3.63, 3.8) is 0 Å². The third-order valence-corrected chi connectivity index (χ3v) is 6.14. The van der Waals surface area contributed by atoms with Gasteiger partial charge in [-0.25, -0.2) is 0 Å². The number of nitrogens with zero attached hydrogens (tertiary/aromatic N) is 4. The predicted octanol–water partition coefficient (Wildman–Crippen LogP) is 5.25. The van der Waals surface area contributed by atoms with Gasteiger partial charge >= 0.3 is 6.18 Å². The zero-order valence-corrected chi connectivity index (χ0v) is 19.3. The Balaban J connectivity index is 1.50. The molecule has 0 fully saturated rings. The van der Waals surface area contributed by atoms with Crippen molar-refractivity contribution in [3.05, 3.63) is 89.5 Å². The quantitative estimate of drug-likeness (QED) is 0.363. The minimum absolute atomic E-state index is 0.0230. The number of aromatic nitrogens is 4. The number of amides is 1. The molecule has 0 atom stereocenters. The minimum atomic E-state index is -4.42. The first-order valence-electron chi connectivity index (χ1n) is 10.4. The zero-order valence-electron chi connectivity index (χ0n) is 18.5. The van der Waals surface area contributed by atoms with Crippen LogP contribution in [0.5, 0.6) is 0 Å². The van der Waals surface area contributed by atoms with E-state index in [1.165, 1.54) is 23.9 Å². The first-order valence-corrected chi connectivity index (χ1v) is 11.4. The van der Waals surface area contributed by atoms with Gasteiger partial charge in [0.25, 0.3) is 0 Å². The summed E-state index contributed by atoms with van der Waals surface area (Å²) in [5.41, 5.74) is 2.59. The van der Waals surface area contributed by atoms with Gasteiger partial charge in [-0.3, -0.25) is 9.36 Å². The molecule has 4 aromatic rings. The molecule has 2 aromatic heterocycles. The highest BCUT2D eigenvalue weighted by Crippen LogP contribution is 2.30. The number of halogens is 3. The summed E-state index contributed by atoms with van der Waals surface area (Å²) >= 11 is 1.21. The molecule has 0 saturated carbocycles. The van der Waals surface area contributed by atoms with Crippen molar-refractivity contribution >= 4 is 23.4 Å². The van der Waals surface area contributed by atoms with E-state index in [1.807, 2.05) is 65.7 Å². The molecule has 2 aromatic carbocycles. The molecule has 0 aliphatic heterocycles. The van der Waals surface area contributed by atoms with Crippen molar-refractivity contribution in [3.8, 4) is 5.69 Å². The molecule has 10 heteroatoms. The van der Waals surface area contributed by atoms with Crippen molar-refractivity contribution in [1.82, 2.24) is 19.3 Å². The maximum absolute atomic E-state index is 12.7. The van der Waals surface area contributed by atoms with Crippen LogP contribution in [0.4, 0.5) is 18.9 Å². The Labute approximate surface area is 198 Å². The normalized spacial score (nSPS) is 11.6. The molecule has 4 rings (SSSR count). The van der Waals surface area contributed by atoms with Gasteiger partial charge in [0, 0.05) is 36.7 Å². The van der Waals surface area contributed by atoms with Gasteiger partial charge in [0.2, 0.25) is 5.91 Å². The number of anilines is 1. The van der Waals surface area contributed by atoms with Crippen LogP contribution in [-0.4, -0.2) is 31.0 Å². The van der Waals surface area contributed by atoms with Gasteiger partial charge in [-0.15, -0.1) is 10.2 Å². The number of rotatable bonds is 7. The van der Waals surface area contributed by atoms with E-state index in [0.717, 1.165) is 34.9 Å². The van der Waals surface area contributed by atoms with E-state index in [-0.39, 0.29) is 11.7 Å². The van der Waals surface area contributed by atoms with Gasteiger partial charge in [0.1, 0.15) is 5.82 Å². The first kappa shape index (κ1) is 23.6. The van der Waals surface area contributed by atoms with Crippen molar-refractivity contribution in [1.29, 1.82) is 0 Å². The highest BCUT2D eigenvalue weighted by molar-refractivity contribution is 7.99. The topological polar surface area (TPSA) is 64.7 Å². The number of nitrogens with one attached hydrogen (secondary N) is 1. The van der Waals surface area contributed by atoms with E-state index >= 15 is 0 Å². The number of hydrogen-bond donors (Lipinski definition) is 1. The summed E-state index contributed by atoms with van der Waals surface area (Å²) < 4.78 is 42.1. The van der Waals surface area contributed by atoms with Gasteiger partial charge < -0.3 is 9.88 Å². The SMILES string of the molecule is Cc1ccc(-n2c(Cc3cccn3C)nnc2SCC(=O)Nc2ccc(C(F)(F)F)cc2)cc1. The van der Waals surface area contributed by atoms with Crippen LogP contribution in [0.1, 0.15) is 22.6 Å². The summed E-state index contributed by atoms with van der Waals surface area (Å²) in [7, 11) is 1.96. The molecule has 0 spiro atoms. The standard InChI is InChI=1S/C24H22F3N5OS/c1-16-5-11-19(12-6-16)32-21(14-20-4-3-13-31(20)2)29-30-23(32)34-15-22(33)28-18-9-7-17(8-10-18)24(25,26)27/h3-13H,14-15H2,1-2H3,(H,28,33). The largest absolute Gasteiger partial charge is 0.416 e. The Bertz CT molecular complexity index is 1280. The molecule has 1 N–H and O–H groups in total. The maximum Gasteiger partial charge on any atom is 0.416 e. The molecule has 0 aliphatic carbocycles. The van der Waals surface area contributed by atoms with Crippen molar-refractivity contribution in [2.24, 2.45) is 7.05 Å². The minimum Gasteiger partial charge on any atom is -0.354 e. The number of benzene rings is 2. The summed E-state index contributed by atoms with van der Waals surface area (Å²) in [6.07, 6.45) is -1.90. The van der Waals surface area contributed by atoms with Gasteiger partial charge in [-0.05, 0) is 55.5 Å². The summed E-state index contributed by atoms with van der Waals surface area (Å²) in [4.78, 5) is 12.5. The molecule has 34 heavy (non-hydrogen) atoms. The van der Waals surface area contributed by atoms with E-state index in [9.17, 15) is 18.0 Å². The summed E-state index contributed by atoms with van der Waals surface area (Å²) in [6.45, 7) is 2.00. The molecule has 176 valence electrons. The lowest BCUT2D eigenvalue weighted by molar-refractivity contribution is -0.137. The summed E-state index contributed by atoms with van der Waals surface area (Å²) in [5.74, 6) is 0.401. The number of alkyl halides is 3. The highest BCUT2D eigenvalue weighted by Gasteiger charge is 2.30. The number of aryl methyl sites for hydroxylation is 2. The fraction of sp³-hybridized carbons (Fsp3) is 0.208. The van der Waals surface area contributed by atoms with Crippen molar-refractivity contribution < 1.29 is 18.0 Å². The van der Waals surface area contributed by atoms with Crippen LogP contribution in [0.2, 0.25) is 0 Å². The fourth-order valence-corrected chi connectivity index (χ4v) is 4.14. The third-order valence-electron chi connectivity index (χ3n) is 5.21. The van der Waals surface area contributed by atoms with Crippen LogP contribution >= 0.6 is 11.8 Å². The third kappa shape index (κ3) is 5.51. The van der Waals surface area contributed by atoms with E-state index in [0.29, 0.717) is 17.3 Å². The Morgan fingerprint density at radius 3 is 2.35 bits per heavy atom.